The zero-order chi connectivity index (χ0) is 11.4. The van der Waals surface area contributed by atoms with Crippen molar-refractivity contribution in [3.8, 4) is 17.1 Å². The largest absolute Gasteiger partial charge is 0.497 e. The number of benzene rings is 1. The number of rotatable bonds is 3. The fourth-order valence-corrected chi connectivity index (χ4v) is 1.26. The number of isocyanates is 1. The summed E-state index contributed by atoms with van der Waals surface area (Å²) in [6, 6.07) is 8.83. The van der Waals surface area contributed by atoms with Crippen molar-refractivity contribution in [2.24, 2.45) is 4.99 Å². The molecule has 5 nitrogen and oxygen atoms in total. The van der Waals surface area contributed by atoms with E-state index in [0.29, 0.717) is 5.76 Å². The second-order valence-corrected chi connectivity index (χ2v) is 2.98. The molecule has 0 aliphatic rings. The van der Waals surface area contributed by atoms with Crippen molar-refractivity contribution in [3.05, 3.63) is 30.3 Å². The Morgan fingerprint density at radius 2 is 2.12 bits per heavy atom. The highest BCUT2D eigenvalue weighted by atomic mass is 16.5. The van der Waals surface area contributed by atoms with Crippen LogP contribution in [0.25, 0.3) is 11.3 Å². The minimum atomic E-state index is 0.209. The van der Waals surface area contributed by atoms with E-state index in [0.717, 1.165) is 11.3 Å². The number of hydrogen-bond acceptors (Lipinski definition) is 5. The van der Waals surface area contributed by atoms with Gasteiger partial charge in [0.2, 0.25) is 11.9 Å². The lowest BCUT2D eigenvalue weighted by molar-refractivity contribution is 0.414. The highest BCUT2D eigenvalue weighted by Crippen LogP contribution is 2.25. The molecule has 16 heavy (non-hydrogen) atoms. The van der Waals surface area contributed by atoms with Crippen LogP contribution in [-0.4, -0.2) is 18.3 Å². The lowest BCUT2D eigenvalue weighted by atomic mass is 10.2. The average Bonchev–Trinajstić information content (AvgIpc) is 2.78. The summed E-state index contributed by atoms with van der Waals surface area (Å²) in [5.41, 5.74) is 0.834. The van der Waals surface area contributed by atoms with Crippen molar-refractivity contribution in [1.82, 2.24) is 5.16 Å². The fraction of sp³-hybridized carbons (Fsp3) is 0.0909. The molecular weight excluding hydrogens is 208 g/mol. The molecule has 1 heterocycles. The van der Waals surface area contributed by atoms with Crippen LogP contribution in [0.1, 0.15) is 0 Å². The molecule has 0 amide bonds. The Kier molecular flexibility index (Phi) is 2.80. The third-order valence-electron chi connectivity index (χ3n) is 2.03. The van der Waals surface area contributed by atoms with Crippen molar-refractivity contribution in [3.63, 3.8) is 0 Å². The number of hydrogen-bond donors (Lipinski definition) is 0. The van der Waals surface area contributed by atoms with Crippen molar-refractivity contribution in [1.29, 1.82) is 0 Å². The van der Waals surface area contributed by atoms with Crippen LogP contribution in [0, 0.1) is 0 Å². The van der Waals surface area contributed by atoms with Crippen LogP contribution in [0.15, 0.2) is 39.8 Å². The van der Waals surface area contributed by atoms with E-state index in [4.69, 9.17) is 9.26 Å². The van der Waals surface area contributed by atoms with Crippen LogP contribution < -0.4 is 4.74 Å². The number of methoxy groups -OCH3 is 1. The van der Waals surface area contributed by atoms with E-state index in [9.17, 15) is 4.79 Å². The Balaban J connectivity index is 2.31. The van der Waals surface area contributed by atoms with Crippen LogP contribution in [0.4, 0.5) is 5.82 Å². The van der Waals surface area contributed by atoms with Gasteiger partial charge in [0.25, 0.3) is 0 Å². The van der Waals surface area contributed by atoms with E-state index in [1.165, 1.54) is 6.08 Å². The summed E-state index contributed by atoms with van der Waals surface area (Å²) in [7, 11) is 1.60. The van der Waals surface area contributed by atoms with Gasteiger partial charge in [0.1, 0.15) is 5.75 Å². The molecule has 0 saturated heterocycles. The van der Waals surface area contributed by atoms with Gasteiger partial charge in [0.05, 0.1) is 7.11 Å². The van der Waals surface area contributed by atoms with Crippen molar-refractivity contribution in [2.45, 2.75) is 0 Å². The predicted molar refractivity (Wildman–Crippen MR) is 56.3 cm³/mol. The Hall–Kier alpha value is -2.39. The third-order valence-corrected chi connectivity index (χ3v) is 2.03. The zero-order valence-electron chi connectivity index (χ0n) is 8.51. The average molecular weight is 216 g/mol. The molecule has 0 fully saturated rings. The molecule has 0 unspecified atom stereocenters. The number of aromatic nitrogens is 1. The molecule has 0 bridgehead atoms. The van der Waals surface area contributed by atoms with Crippen molar-refractivity contribution >= 4 is 11.9 Å². The Morgan fingerprint density at radius 1 is 1.38 bits per heavy atom. The number of ether oxygens (including phenoxy) is 1. The van der Waals surface area contributed by atoms with Gasteiger partial charge in [-0.2, -0.15) is 0 Å². The third kappa shape index (κ3) is 1.99. The second-order valence-electron chi connectivity index (χ2n) is 2.98. The highest BCUT2D eigenvalue weighted by Gasteiger charge is 2.05. The smallest absolute Gasteiger partial charge is 0.242 e. The molecule has 2 aromatic rings. The van der Waals surface area contributed by atoms with E-state index in [2.05, 4.69) is 10.1 Å². The first-order valence-corrected chi connectivity index (χ1v) is 4.52. The summed E-state index contributed by atoms with van der Waals surface area (Å²) in [5, 5.41) is 3.59. The summed E-state index contributed by atoms with van der Waals surface area (Å²) in [5.74, 6) is 1.51. The van der Waals surface area contributed by atoms with E-state index in [1.54, 1.807) is 25.3 Å². The Bertz CT molecular complexity index is 524. The minimum Gasteiger partial charge on any atom is -0.497 e. The first kappa shape index (κ1) is 10.1. The Morgan fingerprint density at radius 3 is 2.75 bits per heavy atom. The molecular formula is C11H8N2O3. The molecule has 80 valence electrons. The van der Waals surface area contributed by atoms with Gasteiger partial charge in [0.15, 0.2) is 5.76 Å². The number of aliphatic imine (C=N–C) groups is 1. The lowest BCUT2D eigenvalue weighted by Gasteiger charge is -1.99. The number of nitrogens with zero attached hydrogens (tertiary/aromatic N) is 2. The van der Waals surface area contributed by atoms with Gasteiger partial charge >= 0.3 is 0 Å². The van der Waals surface area contributed by atoms with Gasteiger partial charge in [-0.25, -0.2) is 4.79 Å². The summed E-state index contributed by atoms with van der Waals surface area (Å²) in [6.07, 6.45) is 1.40. The summed E-state index contributed by atoms with van der Waals surface area (Å²) >= 11 is 0. The maximum Gasteiger partial charge on any atom is 0.242 e. The summed E-state index contributed by atoms with van der Waals surface area (Å²) < 4.78 is 10.0. The van der Waals surface area contributed by atoms with Gasteiger partial charge < -0.3 is 9.26 Å². The lowest BCUT2D eigenvalue weighted by Crippen LogP contribution is -1.81. The SMILES string of the molecule is COc1ccc(-c2cc(N=C=O)no2)cc1. The van der Waals surface area contributed by atoms with Crippen LogP contribution in [0.3, 0.4) is 0 Å². The van der Waals surface area contributed by atoms with Crippen LogP contribution in [-0.2, 0) is 4.79 Å². The van der Waals surface area contributed by atoms with Crippen LogP contribution >= 0.6 is 0 Å². The molecule has 5 heteroatoms. The molecule has 0 atom stereocenters. The summed E-state index contributed by atoms with van der Waals surface area (Å²) in [6.45, 7) is 0. The second kappa shape index (κ2) is 4.42. The molecule has 1 aromatic heterocycles. The van der Waals surface area contributed by atoms with E-state index < -0.39 is 0 Å². The standard InChI is InChI=1S/C11H8N2O3/c1-15-9-4-2-8(3-5-9)10-6-11(12-7-14)13-16-10/h2-6H,1H3. The fourth-order valence-electron chi connectivity index (χ4n) is 1.26. The zero-order valence-corrected chi connectivity index (χ0v) is 8.51. The molecule has 0 aliphatic carbocycles. The van der Waals surface area contributed by atoms with E-state index in [-0.39, 0.29) is 5.82 Å². The molecule has 0 saturated carbocycles. The van der Waals surface area contributed by atoms with Gasteiger partial charge in [-0.1, -0.05) is 5.16 Å². The first-order valence-electron chi connectivity index (χ1n) is 4.52. The highest BCUT2D eigenvalue weighted by molar-refractivity contribution is 5.61. The van der Waals surface area contributed by atoms with Gasteiger partial charge in [-0.15, -0.1) is 4.99 Å². The Labute approximate surface area is 91.4 Å². The first-order chi connectivity index (χ1) is 7.83. The molecule has 2 rings (SSSR count). The molecule has 0 radical (unpaired) electrons. The van der Waals surface area contributed by atoms with Crippen LogP contribution in [0.5, 0.6) is 5.75 Å². The monoisotopic (exact) mass is 216 g/mol. The predicted octanol–water partition coefficient (Wildman–Crippen LogP) is 2.32. The maximum atomic E-state index is 10.0. The normalized spacial score (nSPS) is 9.56. The van der Waals surface area contributed by atoms with E-state index in [1.807, 2.05) is 12.1 Å². The topological polar surface area (TPSA) is 64.7 Å². The molecule has 0 spiro atoms. The quantitative estimate of drug-likeness (QED) is 0.583. The molecule has 0 aliphatic heterocycles. The van der Waals surface area contributed by atoms with Gasteiger partial charge in [-0.05, 0) is 24.3 Å². The van der Waals surface area contributed by atoms with Gasteiger partial charge in [-0.3, -0.25) is 0 Å². The molecule has 1 aromatic carbocycles. The number of carbonyl (C=O) groups excluding carboxylic acids is 1. The van der Waals surface area contributed by atoms with Crippen LogP contribution in [0.2, 0.25) is 0 Å². The minimum absolute atomic E-state index is 0.209. The summed E-state index contributed by atoms with van der Waals surface area (Å²) in [4.78, 5) is 13.4. The molecule has 0 N–H and O–H groups in total. The van der Waals surface area contributed by atoms with E-state index >= 15 is 0 Å². The van der Waals surface area contributed by atoms with Crippen molar-refractivity contribution < 1.29 is 14.1 Å². The van der Waals surface area contributed by atoms with Gasteiger partial charge in [0, 0.05) is 11.6 Å². The van der Waals surface area contributed by atoms with Crippen molar-refractivity contribution in [2.75, 3.05) is 7.11 Å². The maximum absolute atomic E-state index is 10.0.